The first-order valence-electron chi connectivity index (χ1n) is 7.52. The molecule has 0 atom stereocenters. The summed E-state index contributed by atoms with van der Waals surface area (Å²) in [5.41, 5.74) is 2.18. The SMILES string of the molecule is c1ccc(-c2nc3ccccc3s2)c(OC2CCCC2)c1. The van der Waals surface area contributed by atoms with Crippen molar-refractivity contribution in [1.82, 2.24) is 4.98 Å². The highest BCUT2D eigenvalue weighted by Gasteiger charge is 2.19. The molecular formula is C18H17NOS. The van der Waals surface area contributed by atoms with Crippen LogP contribution >= 0.6 is 11.3 Å². The van der Waals surface area contributed by atoms with Crippen molar-refractivity contribution in [3.8, 4) is 16.3 Å². The van der Waals surface area contributed by atoms with Gasteiger partial charge in [-0.05, 0) is 49.9 Å². The van der Waals surface area contributed by atoms with Gasteiger partial charge < -0.3 is 4.74 Å². The van der Waals surface area contributed by atoms with E-state index in [1.807, 2.05) is 12.1 Å². The first-order chi connectivity index (χ1) is 10.4. The van der Waals surface area contributed by atoms with Gasteiger partial charge in [0.25, 0.3) is 0 Å². The molecule has 0 unspecified atom stereocenters. The molecule has 3 heteroatoms. The average molecular weight is 295 g/mol. The maximum absolute atomic E-state index is 6.22. The lowest BCUT2D eigenvalue weighted by atomic mass is 10.2. The zero-order chi connectivity index (χ0) is 14.1. The Morgan fingerprint density at radius 2 is 1.71 bits per heavy atom. The minimum absolute atomic E-state index is 0.375. The number of rotatable bonds is 3. The molecule has 0 N–H and O–H groups in total. The fraction of sp³-hybridized carbons (Fsp3) is 0.278. The van der Waals surface area contributed by atoms with E-state index in [0.717, 1.165) is 21.8 Å². The van der Waals surface area contributed by atoms with Crippen molar-refractivity contribution in [3.05, 3.63) is 48.5 Å². The quantitative estimate of drug-likeness (QED) is 0.655. The van der Waals surface area contributed by atoms with Crippen molar-refractivity contribution < 1.29 is 4.74 Å². The van der Waals surface area contributed by atoms with Gasteiger partial charge in [-0.15, -0.1) is 11.3 Å². The van der Waals surface area contributed by atoms with E-state index in [2.05, 4.69) is 36.4 Å². The number of aromatic nitrogens is 1. The first-order valence-corrected chi connectivity index (χ1v) is 8.33. The maximum Gasteiger partial charge on any atom is 0.129 e. The fourth-order valence-corrected chi connectivity index (χ4v) is 3.92. The van der Waals surface area contributed by atoms with Gasteiger partial charge in [0.15, 0.2) is 0 Å². The molecule has 1 saturated carbocycles. The number of thiazole rings is 1. The van der Waals surface area contributed by atoms with Gasteiger partial charge in [0.2, 0.25) is 0 Å². The van der Waals surface area contributed by atoms with Crippen molar-refractivity contribution in [2.45, 2.75) is 31.8 Å². The second-order valence-corrected chi connectivity index (χ2v) is 6.54. The van der Waals surface area contributed by atoms with Crippen LogP contribution in [0.3, 0.4) is 0 Å². The highest BCUT2D eigenvalue weighted by atomic mass is 32.1. The monoisotopic (exact) mass is 295 g/mol. The van der Waals surface area contributed by atoms with Crippen LogP contribution in [0.2, 0.25) is 0 Å². The van der Waals surface area contributed by atoms with Crippen LogP contribution in [0.4, 0.5) is 0 Å². The fourth-order valence-electron chi connectivity index (χ4n) is 2.92. The number of fused-ring (bicyclic) bond motifs is 1. The Hall–Kier alpha value is -1.87. The Balaban J connectivity index is 1.73. The molecule has 0 saturated heterocycles. The molecule has 1 heterocycles. The van der Waals surface area contributed by atoms with Crippen molar-refractivity contribution >= 4 is 21.6 Å². The summed E-state index contributed by atoms with van der Waals surface area (Å²) < 4.78 is 7.45. The van der Waals surface area contributed by atoms with Crippen LogP contribution in [0.15, 0.2) is 48.5 Å². The Bertz CT molecular complexity index is 726. The molecule has 2 nitrogen and oxygen atoms in total. The molecule has 2 aromatic carbocycles. The Morgan fingerprint density at radius 1 is 0.952 bits per heavy atom. The zero-order valence-corrected chi connectivity index (χ0v) is 12.6. The van der Waals surface area contributed by atoms with Crippen LogP contribution in [0, 0.1) is 0 Å². The van der Waals surface area contributed by atoms with Gasteiger partial charge in [-0.25, -0.2) is 4.98 Å². The summed E-state index contributed by atoms with van der Waals surface area (Å²) in [6.45, 7) is 0. The Morgan fingerprint density at radius 3 is 2.57 bits per heavy atom. The topological polar surface area (TPSA) is 22.1 Å². The molecule has 0 radical (unpaired) electrons. The van der Waals surface area contributed by atoms with E-state index in [0.29, 0.717) is 6.10 Å². The van der Waals surface area contributed by atoms with E-state index in [1.54, 1.807) is 11.3 Å². The highest BCUT2D eigenvalue weighted by Crippen LogP contribution is 2.37. The molecule has 106 valence electrons. The molecule has 1 aliphatic carbocycles. The van der Waals surface area contributed by atoms with Gasteiger partial charge in [-0.2, -0.15) is 0 Å². The number of para-hydroxylation sites is 2. The number of hydrogen-bond donors (Lipinski definition) is 0. The molecule has 21 heavy (non-hydrogen) atoms. The summed E-state index contributed by atoms with van der Waals surface area (Å²) in [6, 6.07) is 16.6. The standard InChI is InChI=1S/C18H17NOS/c1-2-8-13(7-1)20-16-11-5-3-9-14(16)18-19-15-10-4-6-12-17(15)21-18/h3-6,9-13H,1-2,7-8H2. The average Bonchev–Trinajstić information content (AvgIpc) is 3.16. The summed E-state index contributed by atoms with van der Waals surface area (Å²) in [5.74, 6) is 0.975. The second-order valence-electron chi connectivity index (χ2n) is 5.51. The lowest BCUT2D eigenvalue weighted by Crippen LogP contribution is -2.11. The minimum Gasteiger partial charge on any atom is -0.490 e. The largest absolute Gasteiger partial charge is 0.490 e. The van der Waals surface area contributed by atoms with E-state index in [9.17, 15) is 0 Å². The molecule has 1 aliphatic rings. The lowest BCUT2D eigenvalue weighted by Gasteiger charge is -2.15. The molecule has 4 rings (SSSR count). The third kappa shape index (κ3) is 2.54. The smallest absolute Gasteiger partial charge is 0.129 e. The zero-order valence-electron chi connectivity index (χ0n) is 11.8. The van der Waals surface area contributed by atoms with Crippen LogP contribution in [0.1, 0.15) is 25.7 Å². The third-order valence-corrected chi connectivity index (χ3v) is 5.08. The number of ether oxygens (including phenoxy) is 1. The van der Waals surface area contributed by atoms with Gasteiger partial charge in [0.1, 0.15) is 10.8 Å². The van der Waals surface area contributed by atoms with Crippen LogP contribution in [-0.4, -0.2) is 11.1 Å². The maximum atomic E-state index is 6.22. The van der Waals surface area contributed by atoms with E-state index in [4.69, 9.17) is 9.72 Å². The van der Waals surface area contributed by atoms with E-state index in [-0.39, 0.29) is 0 Å². The van der Waals surface area contributed by atoms with Crippen molar-refractivity contribution in [1.29, 1.82) is 0 Å². The number of benzene rings is 2. The number of nitrogens with zero attached hydrogens (tertiary/aromatic N) is 1. The van der Waals surface area contributed by atoms with Crippen LogP contribution in [0.5, 0.6) is 5.75 Å². The molecular weight excluding hydrogens is 278 g/mol. The summed E-state index contributed by atoms with van der Waals surface area (Å²) in [5, 5.41) is 1.05. The highest BCUT2D eigenvalue weighted by molar-refractivity contribution is 7.21. The summed E-state index contributed by atoms with van der Waals surface area (Å²) in [7, 11) is 0. The minimum atomic E-state index is 0.375. The second kappa shape index (κ2) is 5.49. The van der Waals surface area contributed by atoms with Gasteiger partial charge in [-0.1, -0.05) is 24.3 Å². The van der Waals surface area contributed by atoms with Crippen molar-refractivity contribution in [2.75, 3.05) is 0 Å². The molecule has 0 spiro atoms. The molecule has 0 aliphatic heterocycles. The molecule has 1 aromatic heterocycles. The van der Waals surface area contributed by atoms with Crippen LogP contribution in [-0.2, 0) is 0 Å². The van der Waals surface area contributed by atoms with Crippen LogP contribution in [0.25, 0.3) is 20.8 Å². The molecule has 0 amide bonds. The van der Waals surface area contributed by atoms with Gasteiger partial charge in [0.05, 0.1) is 21.9 Å². The van der Waals surface area contributed by atoms with Crippen LogP contribution < -0.4 is 4.74 Å². The van der Waals surface area contributed by atoms with Gasteiger partial charge >= 0.3 is 0 Å². The Kier molecular flexibility index (Phi) is 3.36. The number of hydrogen-bond acceptors (Lipinski definition) is 3. The van der Waals surface area contributed by atoms with Crippen molar-refractivity contribution in [3.63, 3.8) is 0 Å². The molecule has 3 aromatic rings. The predicted octanol–water partition coefficient (Wildman–Crippen LogP) is 5.28. The lowest BCUT2D eigenvalue weighted by molar-refractivity contribution is 0.211. The van der Waals surface area contributed by atoms with Crippen molar-refractivity contribution in [2.24, 2.45) is 0 Å². The van der Waals surface area contributed by atoms with E-state index in [1.165, 1.54) is 30.4 Å². The molecule has 0 bridgehead atoms. The summed E-state index contributed by atoms with van der Waals surface area (Å²) in [6.07, 6.45) is 5.30. The third-order valence-electron chi connectivity index (χ3n) is 4.01. The van der Waals surface area contributed by atoms with Gasteiger partial charge in [0, 0.05) is 0 Å². The Labute approximate surface area is 128 Å². The normalized spacial score (nSPS) is 15.6. The summed E-state index contributed by atoms with van der Waals surface area (Å²) >= 11 is 1.73. The first kappa shape index (κ1) is 12.8. The van der Waals surface area contributed by atoms with E-state index < -0.39 is 0 Å². The van der Waals surface area contributed by atoms with E-state index >= 15 is 0 Å². The predicted molar refractivity (Wildman–Crippen MR) is 87.9 cm³/mol. The summed E-state index contributed by atoms with van der Waals surface area (Å²) in [4.78, 5) is 4.76. The van der Waals surface area contributed by atoms with Gasteiger partial charge in [-0.3, -0.25) is 0 Å². The molecule has 1 fully saturated rings.